The maximum atomic E-state index is 12.7. The number of ether oxygens (including phenoxy) is 1. The van der Waals surface area contributed by atoms with Crippen molar-refractivity contribution in [1.29, 1.82) is 0 Å². The number of carbonyl (C=O) groups excluding carboxylic acids is 2. The molecule has 2 aliphatic rings. The number of piperazine rings is 1. The van der Waals surface area contributed by atoms with E-state index in [1.54, 1.807) is 36.3 Å². The second-order valence-electron chi connectivity index (χ2n) is 5.96. The molecule has 1 unspecified atom stereocenters. The fraction of sp³-hybridized carbons (Fsp3) is 0.529. The highest BCUT2D eigenvalue weighted by molar-refractivity contribution is 5.98. The van der Waals surface area contributed by atoms with Crippen LogP contribution < -0.4 is 10.1 Å². The first-order valence-electron chi connectivity index (χ1n) is 8.15. The molecule has 2 aliphatic heterocycles. The van der Waals surface area contributed by atoms with E-state index in [0.29, 0.717) is 12.1 Å². The van der Waals surface area contributed by atoms with Crippen LogP contribution in [0.3, 0.4) is 0 Å². The summed E-state index contributed by atoms with van der Waals surface area (Å²) in [6, 6.07) is 6.74. The normalized spacial score (nSPS) is 21.3. The zero-order valence-electron chi connectivity index (χ0n) is 13.5. The van der Waals surface area contributed by atoms with Crippen LogP contribution in [0.1, 0.15) is 23.2 Å². The average molecular weight is 317 g/mol. The molecule has 3 rings (SSSR count). The summed E-state index contributed by atoms with van der Waals surface area (Å²) in [5.41, 5.74) is 0.603. The van der Waals surface area contributed by atoms with Gasteiger partial charge in [-0.05, 0) is 37.1 Å². The molecule has 1 N–H and O–H groups in total. The maximum absolute atomic E-state index is 12.7. The quantitative estimate of drug-likeness (QED) is 0.893. The summed E-state index contributed by atoms with van der Waals surface area (Å²) < 4.78 is 5.12. The Morgan fingerprint density at radius 2 is 1.83 bits per heavy atom. The van der Waals surface area contributed by atoms with E-state index in [-0.39, 0.29) is 17.9 Å². The molecule has 23 heavy (non-hydrogen) atoms. The van der Waals surface area contributed by atoms with Crippen molar-refractivity contribution in [3.05, 3.63) is 29.8 Å². The molecule has 1 atom stereocenters. The van der Waals surface area contributed by atoms with Crippen molar-refractivity contribution in [3.8, 4) is 5.75 Å². The molecule has 0 spiro atoms. The van der Waals surface area contributed by atoms with Crippen molar-refractivity contribution < 1.29 is 14.3 Å². The van der Waals surface area contributed by atoms with Crippen molar-refractivity contribution in [3.63, 3.8) is 0 Å². The molecular formula is C17H23N3O3. The maximum Gasteiger partial charge on any atom is 0.254 e. The molecule has 2 fully saturated rings. The van der Waals surface area contributed by atoms with Gasteiger partial charge in [0.15, 0.2) is 0 Å². The van der Waals surface area contributed by atoms with Gasteiger partial charge in [-0.25, -0.2) is 0 Å². The third-order valence-electron chi connectivity index (χ3n) is 4.56. The molecule has 6 nitrogen and oxygen atoms in total. The standard InChI is InChI=1S/C17H23N3O3/c1-23-14-6-4-13(5-7-14)16(21)20-10-2-3-15(20)17(22)19-11-8-18-9-12-19/h4-7,15,18H,2-3,8-12H2,1H3. The SMILES string of the molecule is COc1ccc(C(=O)N2CCCC2C(=O)N2CCNCC2)cc1. The summed E-state index contributed by atoms with van der Waals surface area (Å²) in [5.74, 6) is 0.737. The molecule has 0 radical (unpaired) electrons. The molecule has 2 amide bonds. The predicted molar refractivity (Wildman–Crippen MR) is 86.5 cm³/mol. The Labute approximate surface area is 136 Å². The number of nitrogens with one attached hydrogen (secondary N) is 1. The van der Waals surface area contributed by atoms with Crippen LogP contribution in [0, 0.1) is 0 Å². The minimum Gasteiger partial charge on any atom is -0.497 e. The van der Waals surface area contributed by atoms with Gasteiger partial charge in [0.05, 0.1) is 7.11 Å². The van der Waals surface area contributed by atoms with Gasteiger partial charge in [0, 0.05) is 38.3 Å². The molecule has 0 bridgehead atoms. The van der Waals surface area contributed by atoms with Gasteiger partial charge in [0.1, 0.15) is 11.8 Å². The van der Waals surface area contributed by atoms with Crippen LogP contribution in [-0.4, -0.2) is 67.5 Å². The molecular weight excluding hydrogens is 294 g/mol. The van der Waals surface area contributed by atoms with Crippen LogP contribution in [0.15, 0.2) is 24.3 Å². The lowest BCUT2D eigenvalue weighted by molar-refractivity contribution is -0.135. The Kier molecular flexibility index (Phi) is 4.81. The van der Waals surface area contributed by atoms with E-state index in [9.17, 15) is 9.59 Å². The van der Waals surface area contributed by atoms with Crippen LogP contribution in [0.2, 0.25) is 0 Å². The molecule has 0 aromatic heterocycles. The number of hydrogen-bond donors (Lipinski definition) is 1. The Morgan fingerprint density at radius 1 is 1.13 bits per heavy atom. The van der Waals surface area contributed by atoms with E-state index in [1.165, 1.54) is 0 Å². The van der Waals surface area contributed by atoms with Crippen molar-refractivity contribution in [2.75, 3.05) is 39.8 Å². The van der Waals surface area contributed by atoms with E-state index < -0.39 is 0 Å². The highest BCUT2D eigenvalue weighted by Gasteiger charge is 2.37. The van der Waals surface area contributed by atoms with E-state index in [2.05, 4.69) is 5.32 Å². The molecule has 1 aromatic carbocycles. The van der Waals surface area contributed by atoms with Gasteiger partial charge < -0.3 is 19.9 Å². The largest absolute Gasteiger partial charge is 0.497 e. The molecule has 2 heterocycles. The van der Waals surface area contributed by atoms with Gasteiger partial charge in [-0.1, -0.05) is 0 Å². The number of methoxy groups -OCH3 is 1. The zero-order valence-corrected chi connectivity index (χ0v) is 13.5. The minimum atomic E-state index is -0.317. The number of hydrogen-bond acceptors (Lipinski definition) is 4. The Balaban J connectivity index is 1.72. The average Bonchev–Trinajstić information content (AvgIpc) is 3.11. The Morgan fingerprint density at radius 3 is 2.48 bits per heavy atom. The van der Waals surface area contributed by atoms with Gasteiger partial charge in [-0.15, -0.1) is 0 Å². The third kappa shape index (κ3) is 3.32. The molecule has 1 aromatic rings. The third-order valence-corrected chi connectivity index (χ3v) is 4.56. The van der Waals surface area contributed by atoms with Crippen LogP contribution in [0.5, 0.6) is 5.75 Å². The lowest BCUT2D eigenvalue weighted by Crippen LogP contribution is -2.53. The summed E-state index contributed by atoms with van der Waals surface area (Å²) >= 11 is 0. The van der Waals surface area contributed by atoms with Crippen molar-refractivity contribution >= 4 is 11.8 Å². The molecule has 6 heteroatoms. The van der Waals surface area contributed by atoms with Gasteiger partial charge in [0.2, 0.25) is 5.91 Å². The fourth-order valence-electron chi connectivity index (χ4n) is 3.26. The van der Waals surface area contributed by atoms with Gasteiger partial charge in [-0.2, -0.15) is 0 Å². The van der Waals surface area contributed by atoms with Gasteiger partial charge >= 0.3 is 0 Å². The first-order valence-corrected chi connectivity index (χ1v) is 8.15. The lowest BCUT2D eigenvalue weighted by Gasteiger charge is -2.33. The first kappa shape index (κ1) is 15.8. The number of rotatable bonds is 3. The molecule has 0 saturated carbocycles. The van der Waals surface area contributed by atoms with Crippen molar-refractivity contribution in [2.45, 2.75) is 18.9 Å². The second-order valence-corrected chi connectivity index (χ2v) is 5.96. The number of likely N-dealkylation sites (tertiary alicyclic amines) is 1. The second kappa shape index (κ2) is 7.00. The van der Waals surface area contributed by atoms with Gasteiger partial charge in [-0.3, -0.25) is 9.59 Å². The summed E-state index contributed by atoms with van der Waals surface area (Å²) in [6.45, 7) is 3.74. The highest BCUT2D eigenvalue weighted by Crippen LogP contribution is 2.23. The number of benzene rings is 1. The predicted octanol–water partition coefficient (Wildman–Crippen LogP) is 0.732. The van der Waals surface area contributed by atoms with Crippen LogP contribution in [0.25, 0.3) is 0 Å². The van der Waals surface area contributed by atoms with Crippen LogP contribution >= 0.6 is 0 Å². The molecule has 124 valence electrons. The fourth-order valence-corrected chi connectivity index (χ4v) is 3.26. The monoisotopic (exact) mass is 317 g/mol. The van der Waals surface area contributed by atoms with Crippen molar-refractivity contribution in [1.82, 2.24) is 15.1 Å². The summed E-state index contributed by atoms with van der Waals surface area (Å²) in [7, 11) is 1.60. The van der Waals surface area contributed by atoms with E-state index in [4.69, 9.17) is 4.74 Å². The Bertz CT molecular complexity index is 567. The summed E-state index contributed by atoms with van der Waals surface area (Å²) in [4.78, 5) is 29.1. The van der Waals surface area contributed by atoms with Crippen molar-refractivity contribution in [2.24, 2.45) is 0 Å². The minimum absolute atomic E-state index is 0.0707. The van der Waals surface area contributed by atoms with Crippen LogP contribution in [0.4, 0.5) is 0 Å². The summed E-state index contributed by atoms with van der Waals surface area (Å²) in [6.07, 6.45) is 1.63. The van der Waals surface area contributed by atoms with Gasteiger partial charge in [0.25, 0.3) is 5.91 Å². The highest BCUT2D eigenvalue weighted by atomic mass is 16.5. The smallest absolute Gasteiger partial charge is 0.254 e. The number of carbonyl (C=O) groups is 2. The van der Waals surface area contributed by atoms with E-state index >= 15 is 0 Å². The van der Waals surface area contributed by atoms with E-state index in [0.717, 1.165) is 44.8 Å². The van der Waals surface area contributed by atoms with Crippen LogP contribution in [-0.2, 0) is 4.79 Å². The lowest BCUT2D eigenvalue weighted by atomic mass is 10.1. The molecule has 0 aliphatic carbocycles. The Hall–Kier alpha value is -2.08. The zero-order chi connectivity index (χ0) is 16.2. The molecule has 2 saturated heterocycles. The number of nitrogens with zero attached hydrogens (tertiary/aromatic N) is 2. The number of amides is 2. The topological polar surface area (TPSA) is 61.9 Å². The first-order chi connectivity index (χ1) is 11.2. The van der Waals surface area contributed by atoms with E-state index in [1.807, 2.05) is 4.90 Å². The summed E-state index contributed by atoms with van der Waals surface area (Å²) in [5, 5.41) is 3.24.